The number of amides is 1. The Morgan fingerprint density at radius 2 is 1.68 bits per heavy atom. The van der Waals surface area contributed by atoms with E-state index < -0.39 is 13.9 Å². The molecule has 1 amide bonds. The monoisotopic (exact) mass is 480 g/mol. The average Bonchev–Trinajstić information content (AvgIpc) is 3.17. The maximum Gasteiger partial charge on any atom is 0.410 e. The second-order valence-corrected chi connectivity index (χ2v) is 16.7. The Kier molecular flexibility index (Phi) is 6.36. The zero-order valence-electron chi connectivity index (χ0n) is 21.7. The van der Waals surface area contributed by atoms with Crippen LogP contribution in [0.15, 0.2) is 54.6 Å². The van der Waals surface area contributed by atoms with Crippen LogP contribution in [0.1, 0.15) is 70.6 Å². The van der Waals surface area contributed by atoms with Crippen LogP contribution in [0.4, 0.5) is 10.5 Å². The van der Waals surface area contributed by atoms with Crippen molar-refractivity contribution >= 4 is 20.1 Å². The summed E-state index contributed by atoms with van der Waals surface area (Å²) >= 11 is 0. The van der Waals surface area contributed by atoms with E-state index >= 15 is 0 Å². The summed E-state index contributed by atoms with van der Waals surface area (Å²) in [5, 5.41) is 0.0644. The molecule has 2 aliphatic rings. The summed E-state index contributed by atoms with van der Waals surface area (Å²) in [7, 11) is -2.11. The topological polar surface area (TPSA) is 64.8 Å². The number of hydrogen-bond acceptors (Lipinski definition) is 4. The van der Waals surface area contributed by atoms with Gasteiger partial charge < -0.3 is 14.9 Å². The molecule has 2 saturated heterocycles. The largest absolute Gasteiger partial charge is 0.443 e. The van der Waals surface area contributed by atoms with Gasteiger partial charge in [0.2, 0.25) is 0 Å². The number of benzene rings is 2. The molecule has 0 aliphatic carbocycles. The van der Waals surface area contributed by atoms with Gasteiger partial charge >= 0.3 is 6.09 Å². The van der Waals surface area contributed by atoms with Gasteiger partial charge in [-0.1, -0.05) is 63.2 Å². The van der Waals surface area contributed by atoms with Gasteiger partial charge in [0.25, 0.3) is 0 Å². The Morgan fingerprint density at radius 3 is 2.26 bits per heavy atom. The third kappa shape index (κ3) is 4.50. The molecular weight excluding hydrogens is 440 g/mol. The number of nitrogens with two attached hydrogens (primary N) is 1. The van der Waals surface area contributed by atoms with Crippen LogP contribution < -0.4 is 5.73 Å². The van der Waals surface area contributed by atoms with E-state index in [2.05, 4.69) is 70.3 Å². The Hall–Kier alpha value is -2.31. The Bertz CT molecular complexity index is 1010. The number of carbonyl (C=O) groups is 1. The van der Waals surface area contributed by atoms with Crippen LogP contribution in [0.5, 0.6) is 0 Å². The molecular formula is C28H40N2O3Si. The number of fused-ring (bicyclic) bond motifs is 1. The fraction of sp³-hybridized carbons (Fsp3) is 0.536. The van der Waals surface area contributed by atoms with Gasteiger partial charge in [0.15, 0.2) is 8.32 Å². The standard InChI is InChI=1S/C28H40N2O3Si/c1-27(2,3)34(6,7)33-25(20-11-9-8-10-12-20)23-18-17-22-24(19-13-15-21(29)16-14-19)28(4,5)32-26(31)30(22)23/h8-16,22-25H,17-18,29H2,1-7H3. The summed E-state index contributed by atoms with van der Waals surface area (Å²) in [6.45, 7) is 15.4. The molecule has 0 saturated carbocycles. The number of carbonyl (C=O) groups excluding carboxylic acids is 1. The molecule has 0 bridgehead atoms. The van der Waals surface area contributed by atoms with Crippen LogP contribution in [-0.2, 0) is 9.16 Å². The summed E-state index contributed by atoms with van der Waals surface area (Å²) in [4.78, 5) is 15.5. The smallest absolute Gasteiger partial charge is 0.410 e. The zero-order chi connectivity index (χ0) is 24.9. The molecule has 4 unspecified atom stereocenters. The van der Waals surface area contributed by atoms with Crippen molar-refractivity contribution in [2.45, 2.75) is 95.3 Å². The number of hydrogen-bond donors (Lipinski definition) is 1. The molecule has 34 heavy (non-hydrogen) atoms. The molecule has 0 spiro atoms. The second-order valence-electron chi connectivity index (χ2n) is 11.9. The molecule has 2 aromatic carbocycles. The van der Waals surface area contributed by atoms with Crippen LogP contribution in [0.25, 0.3) is 0 Å². The predicted octanol–water partition coefficient (Wildman–Crippen LogP) is 6.88. The van der Waals surface area contributed by atoms with Crippen LogP contribution in [0, 0.1) is 0 Å². The molecule has 0 radical (unpaired) electrons. The molecule has 2 aliphatic heterocycles. The number of cyclic esters (lactones) is 1. The fourth-order valence-corrected chi connectivity index (χ4v) is 6.68. The summed E-state index contributed by atoms with van der Waals surface area (Å²) in [5.41, 5.74) is 8.38. The summed E-state index contributed by atoms with van der Waals surface area (Å²) in [6, 6.07) is 18.4. The highest BCUT2D eigenvalue weighted by atomic mass is 28.4. The lowest BCUT2D eigenvalue weighted by Crippen LogP contribution is -2.58. The highest BCUT2D eigenvalue weighted by Crippen LogP contribution is 2.50. The highest BCUT2D eigenvalue weighted by molar-refractivity contribution is 6.74. The Labute approximate surface area is 205 Å². The number of nitrogens with zero attached hydrogens (tertiary/aromatic N) is 1. The lowest BCUT2D eigenvalue weighted by Gasteiger charge is -2.49. The minimum atomic E-state index is -2.11. The quantitative estimate of drug-likeness (QED) is 0.374. The molecule has 2 fully saturated rings. The van der Waals surface area contributed by atoms with Crippen molar-refractivity contribution in [1.82, 2.24) is 4.90 Å². The molecule has 2 N–H and O–H groups in total. The fourth-order valence-electron chi connectivity index (χ4n) is 5.40. The van der Waals surface area contributed by atoms with Gasteiger partial charge in [-0.05, 0) is 68.1 Å². The van der Waals surface area contributed by atoms with Crippen LogP contribution >= 0.6 is 0 Å². The first-order valence-electron chi connectivity index (χ1n) is 12.4. The van der Waals surface area contributed by atoms with Crippen molar-refractivity contribution in [3.8, 4) is 0 Å². The van der Waals surface area contributed by atoms with Crippen molar-refractivity contribution < 1.29 is 14.0 Å². The summed E-state index contributed by atoms with van der Waals surface area (Å²) in [6.07, 6.45) is 1.38. The molecule has 2 heterocycles. The Morgan fingerprint density at radius 1 is 1.06 bits per heavy atom. The first-order valence-corrected chi connectivity index (χ1v) is 15.3. The van der Waals surface area contributed by atoms with Gasteiger partial charge in [-0.15, -0.1) is 0 Å². The van der Waals surface area contributed by atoms with E-state index in [0.717, 1.165) is 29.7 Å². The highest BCUT2D eigenvalue weighted by Gasteiger charge is 2.56. The second kappa shape index (κ2) is 8.72. The van der Waals surface area contributed by atoms with E-state index in [1.54, 1.807) is 0 Å². The number of rotatable bonds is 5. The first-order chi connectivity index (χ1) is 15.8. The van der Waals surface area contributed by atoms with Crippen molar-refractivity contribution in [3.05, 3.63) is 65.7 Å². The summed E-state index contributed by atoms with van der Waals surface area (Å²) in [5.74, 6) is 0.0556. The van der Waals surface area contributed by atoms with Crippen LogP contribution in [-0.4, -0.2) is 37.0 Å². The third-order valence-corrected chi connectivity index (χ3v) is 12.6. The predicted molar refractivity (Wildman–Crippen MR) is 140 cm³/mol. The molecule has 0 aromatic heterocycles. The van der Waals surface area contributed by atoms with E-state index in [9.17, 15) is 4.79 Å². The molecule has 6 heteroatoms. The lowest BCUT2D eigenvalue weighted by molar-refractivity contribution is -0.0739. The van der Waals surface area contributed by atoms with Gasteiger partial charge in [-0.25, -0.2) is 4.79 Å². The molecule has 4 atom stereocenters. The van der Waals surface area contributed by atoms with E-state index in [1.165, 1.54) is 0 Å². The Balaban J connectivity index is 1.73. The van der Waals surface area contributed by atoms with Crippen LogP contribution in [0.2, 0.25) is 18.1 Å². The lowest BCUT2D eigenvalue weighted by atomic mass is 9.77. The normalized spacial score (nSPS) is 25.6. The van der Waals surface area contributed by atoms with Crippen molar-refractivity contribution in [2.24, 2.45) is 0 Å². The minimum Gasteiger partial charge on any atom is -0.443 e. The van der Waals surface area contributed by atoms with Crippen LogP contribution in [0.3, 0.4) is 0 Å². The molecule has 4 rings (SSSR count). The minimum absolute atomic E-state index is 0.0547. The van der Waals surface area contributed by atoms with Gasteiger partial charge in [0.1, 0.15) is 5.60 Å². The van der Waals surface area contributed by atoms with Gasteiger partial charge in [-0.3, -0.25) is 4.90 Å². The van der Waals surface area contributed by atoms with E-state index in [1.807, 2.05) is 36.9 Å². The van der Waals surface area contributed by atoms with Crippen molar-refractivity contribution in [2.75, 3.05) is 5.73 Å². The average molecular weight is 481 g/mol. The first kappa shape index (κ1) is 24.8. The number of nitrogen functional groups attached to an aromatic ring is 1. The van der Waals surface area contributed by atoms with Gasteiger partial charge in [0.05, 0.1) is 12.1 Å². The molecule has 5 nitrogen and oxygen atoms in total. The third-order valence-electron chi connectivity index (χ3n) is 8.17. The van der Waals surface area contributed by atoms with Gasteiger partial charge in [-0.2, -0.15) is 0 Å². The maximum atomic E-state index is 13.5. The van der Waals surface area contributed by atoms with E-state index in [4.69, 9.17) is 14.9 Å². The summed E-state index contributed by atoms with van der Waals surface area (Å²) < 4.78 is 13.2. The SMILES string of the molecule is CC1(C)OC(=O)N2C(C(O[Si](C)(C)C(C)(C)C)c3ccccc3)CCC2C1c1ccc(N)cc1. The maximum absolute atomic E-state index is 13.5. The molecule has 184 valence electrons. The molecule has 2 aromatic rings. The van der Waals surface area contributed by atoms with E-state index in [-0.39, 0.29) is 35.2 Å². The van der Waals surface area contributed by atoms with Crippen molar-refractivity contribution in [1.29, 1.82) is 0 Å². The number of ether oxygens (including phenoxy) is 1. The number of anilines is 1. The van der Waals surface area contributed by atoms with Gasteiger partial charge in [0, 0.05) is 17.6 Å². The van der Waals surface area contributed by atoms with Crippen molar-refractivity contribution in [3.63, 3.8) is 0 Å². The van der Waals surface area contributed by atoms with E-state index in [0.29, 0.717) is 0 Å². The zero-order valence-corrected chi connectivity index (χ0v) is 22.7.